The molecule has 1 aliphatic heterocycles. The van der Waals surface area contributed by atoms with Crippen molar-refractivity contribution in [1.82, 2.24) is 4.98 Å². The first-order valence-electron chi connectivity index (χ1n) is 6.17. The standard InChI is InChI=1S/C13H17ClN2O2/c1-8-4-3-7-16(9(8)2)12-10(13(17)18)5-6-11(14)15-12/h5-6,8-9H,3-4,7H2,1-2H3,(H,17,18). The van der Waals surface area contributed by atoms with Gasteiger partial charge in [0.25, 0.3) is 0 Å². The summed E-state index contributed by atoms with van der Waals surface area (Å²) in [4.78, 5) is 17.5. The van der Waals surface area contributed by atoms with Gasteiger partial charge >= 0.3 is 5.97 Å². The predicted octanol–water partition coefficient (Wildman–Crippen LogP) is 3.06. The molecule has 2 unspecified atom stereocenters. The smallest absolute Gasteiger partial charge is 0.339 e. The normalized spacial score (nSPS) is 24.1. The first-order chi connectivity index (χ1) is 8.50. The maximum atomic E-state index is 11.3. The number of carboxylic acids is 1. The molecular formula is C13H17ClN2O2. The van der Waals surface area contributed by atoms with Gasteiger partial charge < -0.3 is 10.0 Å². The molecule has 2 rings (SSSR count). The van der Waals surface area contributed by atoms with Crippen LogP contribution in [0.3, 0.4) is 0 Å². The molecule has 18 heavy (non-hydrogen) atoms. The largest absolute Gasteiger partial charge is 0.478 e. The van der Waals surface area contributed by atoms with Gasteiger partial charge in [-0.15, -0.1) is 0 Å². The first-order valence-corrected chi connectivity index (χ1v) is 6.55. The summed E-state index contributed by atoms with van der Waals surface area (Å²) in [5.74, 6) is 0.0646. The number of piperidine rings is 1. The zero-order valence-electron chi connectivity index (χ0n) is 10.6. The molecule has 1 aromatic rings. The number of pyridine rings is 1. The van der Waals surface area contributed by atoms with Crippen LogP contribution >= 0.6 is 11.6 Å². The minimum absolute atomic E-state index is 0.223. The highest BCUT2D eigenvalue weighted by atomic mass is 35.5. The van der Waals surface area contributed by atoms with Crippen molar-refractivity contribution < 1.29 is 9.90 Å². The summed E-state index contributed by atoms with van der Waals surface area (Å²) >= 11 is 5.89. The Morgan fingerprint density at radius 2 is 2.22 bits per heavy atom. The van der Waals surface area contributed by atoms with E-state index in [1.54, 1.807) is 0 Å². The van der Waals surface area contributed by atoms with Crippen LogP contribution in [-0.4, -0.2) is 28.6 Å². The zero-order chi connectivity index (χ0) is 13.3. The first kappa shape index (κ1) is 13.1. The van der Waals surface area contributed by atoms with Crippen LogP contribution in [0.15, 0.2) is 12.1 Å². The SMILES string of the molecule is CC1CCCN(c2nc(Cl)ccc2C(=O)O)C1C. The molecule has 1 saturated heterocycles. The van der Waals surface area contributed by atoms with E-state index < -0.39 is 5.97 Å². The number of anilines is 1. The van der Waals surface area contributed by atoms with Crippen molar-refractivity contribution in [2.75, 3.05) is 11.4 Å². The van der Waals surface area contributed by atoms with E-state index in [4.69, 9.17) is 11.6 Å². The fraction of sp³-hybridized carbons (Fsp3) is 0.538. The highest BCUT2D eigenvalue weighted by Crippen LogP contribution is 2.30. The molecule has 0 aromatic carbocycles. The molecule has 0 saturated carbocycles. The summed E-state index contributed by atoms with van der Waals surface area (Å²) in [5, 5.41) is 9.56. The predicted molar refractivity (Wildman–Crippen MR) is 71.4 cm³/mol. The van der Waals surface area contributed by atoms with E-state index >= 15 is 0 Å². The van der Waals surface area contributed by atoms with Gasteiger partial charge in [0.2, 0.25) is 0 Å². The Bertz CT molecular complexity index is 464. The number of rotatable bonds is 2. The number of halogens is 1. The van der Waals surface area contributed by atoms with Crippen molar-refractivity contribution in [2.24, 2.45) is 5.92 Å². The quantitative estimate of drug-likeness (QED) is 0.838. The van der Waals surface area contributed by atoms with Crippen LogP contribution < -0.4 is 4.90 Å². The van der Waals surface area contributed by atoms with Crippen molar-refractivity contribution in [3.05, 3.63) is 22.8 Å². The van der Waals surface area contributed by atoms with Crippen molar-refractivity contribution >= 4 is 23.4 Å². The molecule has 4 nitrogen and oxygen atoms in total. The number of aromatic nitrogens is 1. The molecular weight excluding hydrogens is 252 g/mol. The summed E-state index contributed by atoms with van der Waals surface area (Å²) in [7, 11) is 0. The maximum Gasteiger partial charge on any atom is 0.339 e. The average Bonchev–Trinajstić information content (AvgIpc) is 2.32. The fourth-order valence-electron chi connectivity index (χ4n) is 2.45. The van der Waals surface area contributed by atoms with Crippen molar-refractivity contribution in [1.29, 1.82) is 0 Å². The lowest BCUT2D eigenvalue weighted by Crippen LogP contribution is -2.43. The monoisotopic (exact) mass is 268 g/mol. The lowest BCUT2D eigenvalue weighted by Gasteiger charge is -2.39. The molecule has 0 aliphatic carbocycles. The third kappa shape index (κ3) is 2.43. The zero-order valence-corrected chi connectivity index (χ0v) is 11.3. The topological polar surface area (TPSA) is 53.4 Å². The number of aromatic carboxylic acids is 1. The third-order valence-electron chi connectivity index (χ3n) is 3.72. The van der Waals surface area contributed by atoms with E-state index in [0.717, 1.165) is 13.0 Å². The lowest BCUT2D eigenvalue weighted by molar-refractivity contribution is 0.0697. The van der Waals surface area contributed by atoms with Gasteiger partial charge in [0.1, 0.15) is 16.5 Å². The number of nitrogens with zero attached hydrogens (tertiary/aromatic N) is 2. The Kier molecular flexibility index (Phi) is 3.76. The minimum Gasteiger partial charge on any atom is -0.478 e. The van der Waals surface area contributed by atoms with Crippen molar-refractivity contribution in [3.8, 4) is 0 Å². The molecule has 1 aromatic heterocycles. The fourth-order valence-corrected chi connectivity index (χ4v) is 2.59. The second kappa shape index (κ2) is 5.14. The van der Waals surface area contributed by atoms with Gasteiger partial charge in [-0.3, -0.25) is 0 Å². The number of carboxylic acid groups (broad SMARTS) is 1. The molecule has 0 amide bonds. The van der Waals surface area contributed by atoms with E-state index in [1.807, 2.05) is 0 Å². The molecule has 0 radical (unpaired) electrons. The van der Waals surface area contributed by atoms with Crippen LogP contribution in [0, 0.1) is 5.92 Å². The Morgan fingerprint density at radius 1 is 1.50 bits per heavy atom. The van der Waals surface area contributed by atoms with Gasteiger partial charge in [-0.05, 0) is 37.8 Å². The molecule has 0 bridgehead atoms. The maximum absolute atomic E-state index is 11.3. The van der Waals surface area contributed by atoms with Gasteiger partial charge in [-0.2, -0.15) is 0 Å². The Hall–Kier alpha value is -1.29. The van der Waals surface area contributed by atoms with Gasteiger partial charge in [0, 0.05) is 12.6 Å². The summed E-state index contributed by atoms with van der Waals surface area (Å²) in [5.41, 5.74) is 0.223. The summed E-state index contributed by atoms with van der Waals surface area (Å²) in [6.45, 7) is 5.12. The Morgan fingerprint density at radius 3 is 2.89 bits per heavy atom. The lowest BCUT2D eigenvalue weighted by atomic mass is 9.92. The molecule has 1 N–H and O–H groups in total. The number of hydrogen-bond donors (Lipinski definition) is 1. The molecule has 98 valence electrons. The van der Waals surface area contributed by atoms with E-state index in [-0.39, 0.29) is 11.6 Å². The van der Waals surface area contributed by atoms with Gasteiger partial charge in [0.15, 0.2) is 0 Å². The van der Waals surface area contributed by atoms with Crippen molar-refractivity contribution in [3.63, 3.8) is 0 Å². The summed E-state index contributed by atoms with van der Waals surface area (Å²) < 4.78 is 0. The van der Waals surface area contributed by atoms with Crippen LogP contribution in [-0.2, 0) is 0 Å². The Labute approximate surface area is 112 Å². The second-order valence-corrected chi connectivity index (χ2v) is 5.25. The number of hydrogen-bond acceptors (Lipinski definition) is 3. The third-order valence-corrected chi connectivity index (χ3v) is 3.93. The highest BCUT2D eigenvalue weighted by Gasteiger charge is 2.28. The van der Waals surface area contributed by atoms with E-state index in [1.165, 1.54) is 18.6 Å². The summed E-state index contributed by atoms with van der Waals surface area (Å²) in [6.07, 6.45) is 2.22. The van der Waals surface area contributed by atoms with Gasteiger partial charge in [-0.25, -0.2) is 9.78 Å². The van der Waals surface area contributed by atoms with Gasteiger partial charge in [0.05, 0.1) is 0 Å². The van der Waals surface area contributed by atoms with Crippen LogP contribution in [0.4, 0.5) is 5.82 Å². The van der Waals surface area contributed by atoms with Crippen LogP contribution in [0.1, 0.15) is 37.0 Å². The van der Waals surface area contributed by atoms with Crippen molar-refractivity contribution in [2.45, 2.75) is 32.7 Å². The van der Waals surface area contributed by atoms with Crippen LogP contribution in [0.25, 0.3) is 0 Å². The molecule has 5 heteroatoms. The van der Waals surface area contributed by atoms with E-state index in [2.05, 4.69) is 23.7 Å². The molecule has 1 fully saturated rings. The average molecular weight is 269 g/mol. The van der Waals surface area contributed by atoms with Gasteiger partial charge in [-0.1, -0.05) is 18.5 Å². The molecule has 0 spiro atoms. The van der Waals surface area contributed by atoms with E-state index in [0.29, 0.717) is 16.9 Å². The van der Waals surface area contributed by atoms with Crippen LogP contribution in [0.2, 0.25) is 5.15 Å². The summed E-state index contributed by atoms with van der Waals surface area (Å²) in [6, 6.07) is 3.33. The second-order valence-electron chi connectivity index (χ2n) is 4.86. The molecule has 2 heterocycles. The molecule has 2 atom stereocenters. The Balaban J connectivity index is 2.42. The number of carbonyl (C=O) groups is 1. The van der Waals surface area contributed by atoms with E-state index in [9.17, 15) is 9.90 Å². The van der Waals surface area contributed by atoms with Crippen LogP contribution in [0.5, 0.6) is 0 Å². The molecule has 1 aliphatic rings. The minimum atomic E-state index is -0.959. The highest BCUT2D eigenvalue weighted by molar-refractivity contribution is 6.29.